The summed E-state index contributed by atoms with van der Waals surface area (Å²) in [7, 11) is 0. The van der Waals surface area contributed by atoms with Crippen molar-refractivity contribution in [3.63, 3.8) is 0 Å². The normalized spacial score (nSPS) is 10.3. The zero-order valence-electron chi connectivity index (χ0n) is 9.23. The van der Waals surface area contributed by atoms with Crippen molar-refractivity contribution >= 4 is 45.1 Å². The van der Waals surface area contributed by atoms with Crippen molar-refractivity contribution in [2.24, 2.45) is 0 Å². The van der Waals surface area contributed by atoms with E-state index in [1.54, 1.807) is 12.1 Å². The molecule has 2 aromatic rings. The monoisotopic (exact) mass is 361 g/mol. The molecule has 0 atom stereocenters. The molecule has 0 amide bonds. The van der Waals surface area contributed by atoms with Gasteiger partial charge < -0.3 is 9.84 Å². The van der Waals surface area contributed by atoms with E-state index in [4.69, 9.17) is 33.0 Å². The van der Waals surface area contributed by atoms with Crippen LogP contribution in [0, 0.1) is 0 Å². The van der Waals surface area contributed by atoms with E-state index < -0.39 is 5.97 Å². The van der Waals surface area contributed by atoms with Gasteiger partial charge in [0.25, 0.3) is 0 Å². The van der Waals surface area contributed by atoms with Gasteiger partial charge in [-0.15, -0.1) is 0 Å². The van der Waals surface area contributed by atoms with Gasteiger partial charge in [0, 0.05) is 16.7 Å². The Morgan fingerprint density at radius 3 is 2.63 bits per heavy atom. The summed E-state index contributed by atoms with van der Waals surface area (Å²) in [6.07, 6.45) is 1.44. The van der Waals surface area contributed by atoms with Crippen molar-refractivity contribution in [3.05, 3.63) is 50.5 Å². The minimum absolute atomic E-state index is 0.0194. The van der Waals surface area contributed by atoms with Gasteiger partial charge in [-0.2, -0.15) is 0 Å². The third kappa shape index (κ3) is 3.37. The lowest BCUT2D eigenvalue weighted by atomic mass is 10.3. The summed E-state index contributed by atoms with van der Waals surface area (Å²) < 4.78 is 5.95. The number of hydrogen-bond acceptors (Lipinski definition) is 3. The van der Waals surface area contributed by atoms with E-state index in [0.717, 1.165) is 0 Å². The number of pyridine rings is 1. The minimum atomic E-state index is -1.14. The Morgan fingerprint density at radius 1 is 1.26 bits per heavy atom. The summed E-state index contributed by atoms with van der Waals surface area (Å²) >= 11 is 14.8. The first-order valence-corrected chi connectivity index (χ1v) is 6.54. The van der Waals surface area contributed by atoms with E-state index in [9.17, 15) is 4.79 Å². The zero-order chi connectivity index (χ0) is 14.0. The third-order valence-electron chi connectivity index (χ3n) is 2.15. The highest BCUT2D eigenvalue weighted by Gasteiger charge is 2.14. The van der Waals surface area contributed by atoms with Gasteiger partial charge in [-0.1, -0.05) is 23.2 Å². The Morgan fingerprint density at radius 2 is 2.00 bits per heavy atom. The molecule has 1 aromatic heterocycles. The van der Waals surface area contributed by atoms with Crippen LogP contribution in [0.5, 0.6) is 11.6 Å². The number of nitrogens with zero attached hydrogens (tertiary/aromatic N) is 1. The fourth-order valence-corrected chi connectivity index (χ4v) is 1.93. The van der Waals surface area contributed by atoms with Crippen LogP contribution in [0.25, 0.3) is 0 Å². The van der Waals surface area contributed by atoms with Crippen LogP contribution in [0.3, 0.4) is 0 Å². The largest absolute Gasteiger partial charge is 0.477 e. The van der Waals surface area contributed by atoms with Gasteiger partial charge in [-0.25, -0.2) is 9.78 Å². The molecule has 0 saturated carbocycles. The Balaban J connectivity index is 2.37. The fourth-order valence-electron chi connectivity index (χ4n) is 1.31. The maximum atomic E-state index is 11.1. The zero-order valence-corrected chi connectivity index (χ0v) is 12.3. The third-order valence-corrected chi connectivity index (χ3v) is 3.33. The highest BCUT2D eigenvalue weighted by atomic mass is 79.9. The Labute approximate surface area is 127 Å². The SMILES string of the molecule is O=C(O)c1cc(Br)cnc1Oc1ccc(Cl)c(Cl)c1. The summed E-state index contributed by atoms with van der Waals surface area (Å²) in [5.74, 6) is -0.801. The first-order chi connectivity index (χ1) is 8.97. The smallest absolute Gasteiger partial charge is 0.341 e. The summed E-state index contributed by atoms with van der Waals surface area (Å²) in [6.45, 7) is 0. The average molecular weight is 363 g/mol. The van der Waals surface area contributed by atoms with E-state index in [1.165, 1.54) is 18.3 Å². The van der Waals surface area contributed by atoms with Gasteiger partial charge in [0.2, 0.25) is 5.88 Å². The summed E-state index contributed by atoms with van der Waals surface area (Å²) in [4.78, 5) is 15.0. The molecule has 0 unspecified atom stereocenters. The number of carboxylic acid groups (broad SMARTS) is 1. The van der Waals surface area contributed by atoms with Crippen molar-refractivity contribution in [1.82, 2.24) is 4.98 Å². The number of rotatable bonds is 3. The average Bonchev–Trinajstić information content (AvgIpc) is 2.36. The van der Waals surface area contributed by atoms with Crippen LogP contribution in [-0.2, 0) is 0 Å². The van der Waals surface area contributed by atoms with E-state index in [0.29, 0.717) is 20.3 Å². The van der Waals surface area contributed by atoms with Crippen LogP contribution in [0.2, 0.25) is 10.0 Å². The van der Waals surface area contributed by atoms with Crippen LogP contribution in [0.15, 0.2) is 34.9 Å². The minimum Gasteiger partial charge on any atom is -0.477 e. The first-order valence-electron chi connectivity index (χ1n) is 4.99. The van der Waals surface area contributed by atoms with Crippen LogP contribution >= 0.6 is 39.1 Å². The molecule has 0 aliphatic carbocycles. The van der Waals surface area contributed by atoms with Crippen molar-refractivity contribution in [2.75, 3.05) is 0 Å². The molecule has 0 aliphatic rings. The van der Waals surface area contributed by atoms with Crippen molar-refractivity contribution in [1.29, 1.82) is 0 Å². The van der Waals surface area contributed by atoms with Crippen LogP contribution in [0.4, 0.5) is 0 Å². The van der Waals surface area contributed by atoms with Gasteiger partial charge in [0.1, 0.15) is 11.3 Å². The maximum absolute atomic E-state index is 11.1. The quantitative estimate of drug-likeness (QED) is 0.863. The second-order valence-corrected chi connectivity index (χ2v) is 5.22. The number of carboxylic acids is 1. The highest BCUT2D eigenvalue weighted by Crippen LogP contribution is 2.30. The predicted octanol–water partition coefficient (Wildman–Crippen LogP) is 4.64. The molecule has 7 heteroatoms. The Kier molecular flexibility index (Phi) is 4.29. The molecule has 2 rings (SSSR count). The summed E-state index contributed by atoms with van der Waals surface area (Å²) in [5, 5.41) is 9.78. The Bertz CT molecular complexity index is 649. The van der Waals surface area contributed by atoms with Crippen molar-refractivity contribution in [2.45, 2.75) is 0 Å². The lowest BCUT2D eigenvalue weighted by Crippen LogP contribution is -2.02. The van der Waals surface area contributed by atoms with Gasteiger partial charge in [-0.3, -0.25) is 0 Å². The van der Waals surface area contributed by atoms with Crippen LogP contribution in [0.1, 0.15) is 10.4 Å². The van der Waals surface area contributed by atoms with Gasteiger partial charge in [-0.05, 0) is 34.1 Å². The number of halogens is 3. The highest BCUT2D eigenvalue weighted by molar-refractivity contribution is 9.10. The second kappa shape index (κ2) is 5.77. The molecule has 0 aliphatic heterocycles. The van der Waals surface area contributed by atoms with Crippen molar-refractivity contribution < 1.29 is 14.6 Å². The number of hydrogen-bond donors (Lipinski definition) is 1. The molecule has 1 heterocycles. The summed E-state index contributed by atoms with van der Waals surface area (Å²) in [6, 6.07) is 6.02. The van der Waals surface area contributed by atoms with Gasteiger partial charge >= 0.3 is 5.97 Å². The molecule has 0 radical (unpaired) electrons. The first kappa shape index (κ1) is 14.1. The fraction of sp³-hybridized carbons (Fsp3) is 0. The molecule has 0 spiro atoms. The molecule has 4 nitrogen and oxygen atoms in total. The summed E-state index contributed by atoms with van der Waals surface area (Å²) in [5.41, 5.74) is -0.0551. The Hall–Kier alpha value is -1.30. The van der Waals surface area contributed by atoms with Gasteiger partial charge in [0.05, 0.1) is 10.0 Å². The number of carbonyl (C=O) groups is 1. The molecular formula is C12H6BrCl2NO3. The number of ether oxygens (including phenoxy) is 1. The molecule has 0 fully saturated rings. The lowest BCUT2D eigenvalue weighted by molar-refractivity contribution is 0.0693. The van der Waals surface area contributed by atoms with E-state index in [-0.39, 0.29) is 11.4 Å². The van der Waals surface area contributed by atoms with Crippen molar-refractivity contribution in [3.8, 4) is 11.6 Å². The number of aromatic carboxylic acids is 1. The van der Waals surface area contributed by atoms with E-state index >= 15 is 0 Å². The van der Waals surface area contributed by atoms with E-state index in [2.05, 4.69) is 20.9 Å². The number of aromatic nitrogens is 1. The molecule has 1 aromatic carbocycles. The maximum Gasteiger partial charge on any atom is 0.341 e. The van der Waals surface area contributed by atoms with E-state index in [1.807, 2.05) is 0 Å². The molecule has 0 bridgehead atoms. The van der Waals surface area contributed by atoms with Gasteiger partial charge in [0.15, 0.2) is 0 Å². The number of benzene rings is 1. The topological polar surface area (TPSA) is 59.4 Å². The lowest BCUT2D eigenvalue weighted by Gasteiger charge is -2.08. The molecule has 0 saturated heterocycles. The molecule has 1 N–H and O–H groups in total. The molecular weight excluding hydrogens is 357 g/mol. The van der Waals surface area contributed by atoms with Crippen LogP contribution in [-0.4, -0.2) is 16.1 Å². The molecule has 98 valence electrons. The second-order valence-electron chi connectivity index (χ2n) is 3.49. The molecule has 19 heavy (non-hydrogen) atoms. The standard InChI is InChI=1S/C12H6BrCl2NO3/c13-6-3-8(12(17)18)11(16-5-6)19-7-1-2-9(14)10(15)4-7/h1-5H,(H,17,18). The van der Waals surface area contributed by atoms with Crippen LogP contribution < -0.4 is 4.74 Å². The predicted molar refractivity (Wildman–Crippen MR) is 75.4 cm³/mol.